The van der Waals surface area contributed by atoms with Gasteiger partial charge in [-0.3, -0.25) is 0 Å². The number of allylic oxidation sites excluding steroid dienone is 4. The first kappa shape index (κ1) is 21.3. The zero-order valence-electron chi connectivity index (χ0n) is 18.5. The maximum atomic E-state index is 3.88. The molecule has 2 heterocycles. The van der Waals surface area contributed by atoms with Crippen LogP contribution in [0.25, 0.3) is 28.2 Å². The molecule has 0 aliphatic carbocycles. The van der Waals surface area contributed by atoms with Gasteiger partial charge in [-0.25, -0.2) is 0 Å². The highest BCUT2D eigenvalue weighted by Gasteiger charge is 2.23. The third-order valence-corrected chi connectivity index (χ3v) is 6.56. The van der Waals surface area contributed by atoms with E-state index in [9.17, 15) is 0 Å². The fourth-order valence-electron chi connectivity index (χ4n) is 4.48. The minimum atomic E-state index is -0.0598. The normalized spacial score (nSPS) is 15.9. The van der Waals surface area contributed by atoms with E-state index in [-0.39, 0.29) is 6.17 Å². The molecular formula is C30H25BrN2. The number of dihydropyridines is 1. The number of aromatic nitrogens is 1. The number of hydrogen-bond donors (Lipinski definition) is 1. The lowest BCUT2D eigenvalue weighted by Gasteiger charge is -2.28. The van der Waals surface area contributed by atoms with Crippen molar-refractivity contribution in [2.24, 2.45) is 0 Å². The lowest BCUT2D eigenvalue weighted by Crippen LogP contribution is -2.27. The highest BCUT2D eigenvalue weighted by atomic mass is 79.9. The van der Waals surface area contributed by atoms with Crippen molar-refractivity contribution in [2.75, 3.05) is 0 Å². The molecule has 0 saturated carbocycles. The first-order valence-electron chi connectivity index (χ1n) is 11.1. The molecule has 1 atom stereocenters. The van der Waals surface area contributed by atoms with Crippen LogP contribution in [0.2, 0.25) is 0 Å². The Hall–Kier alpha value is -3.56. The minimum absolute atomic E-state index is 0.0598. The Morgan fingerprint density at radius 1 is 0.939 bits per heavy atom. The molecule has 0 saturated heterocycles. The molecule has 0 spiro atoms. The highest BCUT2D eigenvalue weighted by molar-refractivity contribution is 9.10. The van der Waals surface area contributed by atoms with Crippen LogP contribution in [0.5, 0.6) is 0 Å². The number of fused-ring (bicyclic) bond motifs is 1. The van der Waals surface area contributed by atoms with Crippen LogP contribution in [-0.4, -0.2) is 4.57 Å². The molecule has 1 N–H and O–H groups in total. The lowest BCUT2D eigenvalue weighted by molar-refractivity contribution is 0.571. The first-order chi connectivity index (χ1) is 16.2. The quantitative estimate of drug-likeness (QED) is 0.278. The molecule has 1 aromatic heterocycles. The molecule has 0 fully saturated rings. The largest absolute Gasteiger partial charge is 0.361 e. The van der Waals surface area contributed by atoms with E-state index >= 15 is 0 Å². The van der Waals surface area contributed by atoms with Crippen LogP contribution < -0.4 is 5.32 Å². The monoisotopic (exact) mass is 492 g/mol. The van der Waals surface area contributed by atoms with Crippen LogP contribution >= 0.6 is 15.9 Å². The van der Waals surface area contributed by atoms with E-state index in [1.165, 1.54) is 38.9 Å². The average Bonchev–Trinajstić information content (AvgIpc) is 3.14. The van der Waals surface area contributed by atoms with E-state index in [4.69, 9.17) is 0 Å². The van der Waals surface area contributed by atoms with Gasteiger partial charge in [0.1, 0.15) is 6.17 Å². The van der Waals surface area contributed by atoms with Crippen molar-refractivity contribution in [3.63, 3.8) is 0 Å². The van der Waals surface area contributed by atoms with Gasteiger partial charge in [0.2, 0.25) is 0 Å². The maximum Gasteiger partial charge on any atom is 0.124 e. The lowest BCUT2D eigenvalue weighted by atomic mass is 9.98. The van der Waals surface area contributed by atoms with E-state index in [1.54, 1.807) is 0 Å². The molecule has 3 aromatic carbocycles. The summed E-state index contributed by atoms with van der Waals surface area (Å²) in [4.78, 5) is 0. The van der Waals surface area contributed by atoms with Gasteiger partial charge in [-0.2, -0.15) is 0 Å². The number of benzene rings is 3. The zero-order valence-corrected chi connectivity index (χ0v) is 20.1. The molecule has 1 aliphatic rings. The van der Waals surface area contributed by atoms with E-state index in [0.29, 0.717) is 0 Å². The second kappa shape index (κ2) is 9.13. The van der Waals surface area contributed by atoms with E-state index in [0.717, 1.165) is 10.2 Å². The summed E-state index contributed by atoms with van der Waals surface area (Å²) in [6.45, 7) is 6.07. The predicted molar refractivity (Wildman–Crippen MR) is 145 cm³/mol. The van der Waals surface area contributed by atoms with E-state index in [1.807, 2.05) is 12.2 Å². The van der Waals surface area contributed by atoms with Gasteiger partial charge in [0, 0.05) is 21.2 Å². The molecule has 0 radical (unpaired) electrons. The highest BCUT2D eigenvalue weighted by Crippen LogP contribution is 2.36. The maximum absolute atomic E-state index is 3.88. The summed E-state index contributed by atoms with van der Waals surface area (Å²) in [5, 5.41) is 5.04. The number of nitrogens with zero attached hydrogens (tertiary/aromatic N) is 1. The smallest absolute Gasteiger partial charge is 0.124 e. The molecule has 33 heavy (non-hydrogen) atoms. The number of aryl methyl sites for hydroxylation is 1. The fourth-order valence-corrected chi connectivity index (χ4v) is 4.83. The van der Waals surface area contributed by atoms with Crippen molar-refractivity contribution in [1.82, 2.24) is 9.88 Å². The molecule has 3 heteroatoms. The number of halogens is 1. The van der Waals surface area contributed by atoms with Crippen molar-refractivity contribution in [3.8, 4) is 0 Å². The third kappa shape index (κ3) is 4.12. The average molecular weight is 493 g/mol. The van der Waals surface area contributed by atoms with Crippen LogP contribution in [-0.2, 0) is 0 Å². The minimum Gasteiger partial charge on any atom is -0.361 e. The first-order valence-corrected chi connectivity index (χ1v) is 11.8. The Kier molecular flexibility index (Phi) is 5.89. The Morgan fingerprint density at radius 2 is 1.64 bits per heavy atom. The standard InChI is InChI=1S/C30H25BrN2/c1-3-4-15-28-21(2)26-17-16-25(31)20-29(26)33(28)30-19-24(22-11-7-5-8-12-22)18-27(32-30)23-13-9-6-10-14-23/h3-20,30,32H,1H2,2H3/b15-4-. The number of nitrogens with one attached hydrogen (secondary N) is 1. The van der Waals surface area contributed by atoms with Gasteiger partial charge < -0.3 is 9.88 Å². The summed E-state index contributed by atoms with van der Waals surface area (Å²) in [7, 11) is 0. The van der Waals surface area contributed by atoms with Crippen molar-refractivity contribution in [1.29, 1.82) is 0 Å². The Labute approximate surface area is 203 Å². The van der Waals surface area contributed by atoms with Gasteiger partial charge >= 0.3 is 0 Å². The third-order valence-electron chi connectivity index (χ3n) is 6.07. The van der Waals surface area contributed by atoms with Crippen molar-refractivity contribution >= 4 is 44.2 Å². The van der Waals surface area contributed by atoms with Crippen LogP contribution in [0, 0.1) is 6.92 Å². The Morgan fingerprint density at radius 3 is 2.33 bits per heavy atom. The molecule has 1 aliphatic heterocycles. The van der Waals surface area contributed by atoms with Crippen molar-refractivity contribution in [2.45, 2.75) is 13.1 Å². The molecule has 162 valence electrons. The Balaban J connectivity index is 1.74. The number of hydrogen-bond acceptors (Lipinski definition) is 1. The van der Waals surface area contributed by atoms with Crippen LogP contribution in [0.3, 0.4) is 0 Å². The molecular weight excluding hydrogens is 468 g/mol. The number of rotatable bonds is 5. The summed E-state index contributed by atoms with van der Waals surface area (Å²) in [5.41, 5.74) is 8.28. The van der Waals surface area contributed by atoms with E-state index in [2.05, 4.69) is 136 Å². The SMILES string of the molecule is C=C/C=C\c1c(C)c2ccc(Br)cc2n1C1C=C(c2ccccc2)C=C(c2ccccc2)N1. The molecule has 0 bridgehead atoms. The van der Waals surface area contributed by atoms with Gasteiger partial charge in [-0.15, -0.1) is 0 Å². The van der Waals surface area contributed by atoms with E-state index < -0.39 is 0 Å². The van der Waals surface area contributed by atoms with Crippen molar-refractivity contribution in [3.05, 3.63) is 137 Å². The summed E-state index contributed by atoms with van der Waals surface area (Å²) in [6, 6.07) is 27.6. The van der Waals surface area contributed by atoms with Gasteiger partial charge in [-0.1, -0.05) is 101 Å². The summed E-state index contributed by atoms with van der Waals surface area (Å²) < 4.78 is 3.45. The molecule has 2 nitrogen and oxygen atoms in total. The van der Waals surface area contributed by atoms with Gasteiger partial charge in [-0.05, 0) is 59.5 Å². The molecule has 4 aromatic rings. The molecule has 1 unspecified atom stereocenters. The topological polar surface area (TPSA) is 17.0 Å². The van der Waals surface area contributed by atoms with Crippen LogP contribution in [0.15, 0.2) is 114 Å². The molecule has 5 rings (SSSR count). The van der Waals surface area contributed by atoms with Crippen LogP contribution in [0.4, 0.5) is 0 Å². The summed E-state index contributed by atoms with van der Waals surface area (Å²) in [6.07, 6.45) is 10.5. The van der Waals surface area contributed by atoms with Crippen LogP contribution in [0.1, 0.15) is 28.6 Å². The second-order valence-electron chi connectivity index (χ2n) is 8.14. The summed E-state index contributed by atoms with van der Waals surface area (Å²) in [5.74, 6) is 0. The fraction of sp³-hybridized carbons (Fsp3) is 0.0667. The summed E-state index contributed by atoms with van der Waals surface area (Å²) >= 11 is 3.68. The van der Waals surface area contributed by atoms with Gasteiger partial charge in [0.05, 0.1) is 5.52 Å². The zero-order chi connectivity index (χ0) is 22.8. The second-order valence-corrected chi connectivity index (χ2v) is 9.05. The van der Waals surface area contributed by atoms with Crippen molar-refractivity contribution < 1.29 is 0 Å². The van der Waals surface area contributed by atoms with Gasteiger partial charge in [0.15, 0.2) is 0 Å². The van der Waals surface area contributed by atoms with Gasteiger partial charge in [0.25, 0.3) is 0 Å². The predicted octanol–water partition coefficient (Wildman–Crippen LogP) is 8.14. The Bertz CT molecular complexity index is 1410. The molecule has 0 amide bonds.